The van der Waals surface area contributed by atoms with E-state index in [1.54, 1.807) is 12.1 Å². The van der Waals surface area contributed by atoms with Gasteiger partial charge >= 0.3 is 0 Å². The molecule has 21 heavy (non-hydrogen) atoms. The molecule has 0 aliphatic rings. The summed E-state index contributed by atoms with van der Waals surface area (Å²) in [6.07, 6.45) is 0.243. The Morgan fingerprint density at radius 3 is 2.38 bits per heavy atom. The van der Waals surface area contributed by atoms with Gasteiger partial charge in [0.05, 0.1) is 6.61 Å². The van der Waals surface area contributed by atoms with Gasteiger partial charge in [-0.3, -0.25) is 0 Å². The van der Waals surface area contributed by atoms with Gasteiger partial charge in [0.1, 0.15) is 11.4 Å². The summed E-state index contributed by atoms with van der Waals surface area (Å²) in [5.41, 5.74) is 5.13. The minimum atomic E-state index is -1.21. The molecule has 1 atom stereocenters. The van der Waals surface area contributed by atoms with Crippen LogP contribution in [0, 0.1) is 11.6 Å². The Morgan fingerprint density at radius 1 is 1.05 bits per heavy atom. The van der Waals surface area contributed by atoms with Crippen molar-refractivity contribution < 1.29 is 18.6 Å². The van der Waals surface area contributed by atoms with Crippen LogP contribution in [-0.2, 0) is 5.60 Å². The van der Waals surface area contributed by atoms with Gasteiger partial charge in [-0.05, 0) is 17.7 Å². The number of rotatable bonds is 6. The summed E-state index contributed by atoms with van der Waals surface area (Å²) >= 11 is 0. The highest BCUT2D eigenvalue weighted by Crippen LogP contribution is 2.24. The third-order valence-electron chi connectivity index (χ3n) is 3.32. The third-order valence-corrected chi connectivity index (χ3v) is 3.32. The molecule has 0 radical (unpaired) electrons. The number of hydrogen-bond acceptors (Lipinski definition) is 3. The van der Waals surface area contributed by atoms with Gasteiger partial charge in [-0.2, -0.15) is 0 Å². The van der Waals surface area contributed by atoms with Crippen LogP contribution in [0.15, 0.2) is 48.5 Å². The van der Waals surface area contributed by atoms with Gasteiger partial charge in [0.25, 0.3) is 0 Å². The second-order valence-electron chi connectivity index (χ2n) is 4.78. The van der Waals surface area contributed by atoms with Crippen LogP contribution < -0.4 is 10.5 Å². The van der Waals surface area contributed by atoms with Crippen LogP contribution in [0.4, 0.5) is 8.78 Å². The van der Waals surface area contributed by atoms with Crippen molar-refractivity contribution in [1.82, 2.24) is 0 Å². The van der Waals surface area contributed by atoms with Crippen molar-refractivity contribution in [3.05, 3.63) is 65.7 Å². The molecule has 3 N–H and O–H groups in total. The summed E-state index contributed by atoms with van der Waals surface area (Å²) in [6, 6.07) is 12.3. The molecule has 0 saturated heterocycles. The summed E-state index contributed by atoms with van der Waals surface area (Å²) in [5.74, 6) is -1.68. The van der Waals surface area contributed by atoms with Gasteiger partial charge in [0, 0.05) is 19.0 Å². The smallest absolute Gasteiger partial charge is 0.162 e. The normalized spacial score (nSPS) is 13.7. The number of aliphatic hydroxyl groups is 1. The molecule has 0 aromatic heterocycles. The minimum absolute atomic E-state index is 0.0398. The van der Waals surface area contributed by atoms with Crippen LogP contribution in [0.5, 0.6) is 5.75 Å². The second kappa shape index (κ2) is 6.65. The van der Waals surface area contributed by atoms with Crippen LogP contribution in [0.2, 0.25) is 0 Å². The van der Waals surface area contributed by atoms with E-state index in [-0.39, 0.29) is 25.3 Å². The molecule has 0 fully saturated rings. The fourth-order valence-electron chi connectivity index (χ4n) is 2.02. The molecule has 0 aliphatic carbocycles. The second-order valence-corrected chi connectivity index (χ2v) is 4.78. The van der Waals surface area contributed by atoms with E-state index in [1.807, 2.05) is 18.2 Å². The minimum Gasteiger partial charge on any atom is -0.493 e. The zero-order valence-electron chi connectivity index (χ0n) is 11.4. The van der Waals surface area contributed by atoms with E-state index < -0.39 is 17.2 Å². The molecule has 2 aromatic carbocycles. The van der Waals surface area contributed by atoms with E-state index in [1.165, 1.54) is 6.07 Å². The van der Waals surface area contributed by atoms with Crippen molar-refractivity contribution in [2.45, 2.75) is 12.0 Å². The van der Waals surface area contributed by atoms with Gasteiger partial charge in [0.15, 0.2) is 11.6 Å². The van der Waals surface area contributed by atoms with Crippen LogP contribution in [0.25, 0.3) is 0 Å². The quantitative estimate of drug-likeness (QED) is 0.860. The van der Waals surface area contributed by atoms with Crippen molar-refractivity contribution in [3.63, 3.8) is 0 Å². The highest BCUT2D eigenvalue weighted by Gasteiger charge is 2.27. The van der Waals surface area contributed by atoms with Crippen LogP contribution >= 0.6 is 0 Å². The number of nitrogens with two attached hydrogens (primary N) is 1. The van der Waals surface area contributed by atoms with Gasteiger partial charge in [-0.15, -0.1) is 0 Å². The highest BCUT2D eigenvalue weighted by molar-refractivity contribution is 5.24. The molecule has 0 amide bonds. The largest absolute Gasteiger partial charge is 0.493 e. The highest BCUT2D eigenvalue weighted by atomic mass is 19.2. The Morgan fingerprint density at radius 2 is 1.76 bits per heavy atom. The van der Waals surface area contributed by atoms with Gasteiger partial charge in [0.2, 0.25) is 0 Å². The first-order valence-corrected chi connectivity index (χ1v) is 6.61. The summed E-state index contributed by atoms with van der Waals surface area (Å²) in [5, 5.41) is 10.5. The molecule has 0 aliphatic heterocycles. The molecule has 0 heterocycles. The molecule has 1 unspecified atom stereocenters. The number of benzene rings is 2. The van der Waals surface area contributed by atoms with Crippen molar-refractivity contribution in [2.75, 3.05) is 13.2 Å². The molecule has 2 rings (SSSR count). The number of hydrogen-bond donors (Lipinski definition) is 2. The topological polar surface area (TPSA) is 55.5 Å². The first-order valence-electron chi connectivity index (χ1n) is 6.61. The molecular weight excluding hydrogens is 276 g/mol. The molecule has 0 bridgehead atoms. The Bertz CT molecular complexity index is 592. The lowest BCUT2D eigenvalue weighted by Gasteiger charge is -2.27. The molecule has 2 aromatic rings. The van der Waals surface area contributed by atoms with Crippen molar-refractivity contribution in [1.29, 1.82) is 0 Å². The molecule has 5 heteroatoms. The van der Waals surface area contributed by atoms with E-state index in [9.17, 15) is 13.9 Å². The lowest BCUT2D eigenvalue weighted by molar-refractivity contribution is 0.0233. The van der Waals surface area contributed by atoms with Crippen LogP contribution in [0.3, 0.4) is 0 Å². The SMILES string of the molecule is NCC(O)(CCOc1ccc(F)c(F)c1)c1ccccc1. The van der Waals surface area contributed by atoms with Crippen LogP contribution in [-0.4, -0.2) is 18.3 Å². The van der Waals surface area contributed by atoms with E-state index in [4.69, 9.17) is 10.5 Å². The van der Waals surface area contributed by atoms with Crippen molar-refractivity contribution in [3.8, 4) is 5.75 Å². The monoisotopic (exact) mass is 293 g/mol. The summed E-state index contributed by atoms with van der Waals surface area (Å²) in [7, 11) is 0. The Labute approximate surface area is 122 Å². The van der Waals surface area contributed by atoms with Gasteiger partial charge in [-0.1, -0.05) is 30.3 Å². The van der Waals surface area contributed by atoms with Gasteiger partial charge < -0.3 is 15.6 Å². The first kappa shape index (κ1) is 15.4. The number of halogens is 2. The summed E-state index contributed by atoms with van der Waals surface area (Å²) < 4.78 is 31.2. The van der Waals surface area contributed by atoms with E-state index >= 15 is 0 Å². The maximum Gasteiger partial charge on any atom is 0.162 e. The lowest BCUT2D eigenvalue weighted by atomic mass is 9.91. The number of ether oxygens (including phenoxy) is 1. The molecular formula is C16H17F2NO2. The standard InChI is InChI=1S/C16H17F2NO2/c17-14-7-6-13(10-15(14)18)21-9-8-16(20,11-19)12-4-2-1-3-5-12/h1-7,10,20H,8-9,11,19H2. The van der Waals surface area contributed by atoms with Crippen LogP contribution in [0.1, 0.15) is 12.0 Å². The zero-order valence-corrected chi connectivity index (χ0v) is 11.4. The predicted octanol–water partition coefficient (Wildman–Crippen LogP) is 2.58. The zero-order chi connectivity index (χ0) is 15.3. The summed E-state index contributed by atoms with van der Waals surface area (Å²) in [6.45, 7) is 0.172. The Kier molecular flexibility index (Phi) is 4.88. The molecule has 3 nitrogen and oxygen atoms in total. The van der Waals surface area contributed by atoms with E-state index in [2.05, 4.69) is 0 Å². The average molecular weight is 293 g/mol. The maximum absolute atomic E-state index is 13.0. The first-order chi connectivity index (χ1) is 10.0. The molecule has 112 valence electrons. The van der Waals surface area contributed by atoms with Gasteiger partial charge in [-0.25, -0.2) is 8.78 Å². The lowest BCUT2D eigenvalue weighted by Crippen LogP contribution is -2.36. The fourth-order valence-corrected chi connectivity index (χ4v) is 2.02. The van der Waals surface area contributed by atoms with E-state index in [0.717, 1.165) is 12.1 Å². The van der Waals surface area contributed by atoms with E-state index in [0.29, 0.717) is 5.56 Å². The summed E-state index contributed by atoms with van der Waals surface area (Å²) in [4.78, 5) is 0. The molecule has 0 saturated carbocycles. The fraction of sp³-hybridized carbons (Fsp3) is 0.250. The molecule has 0 spiro atoms. The maximum atomic E-state index is 13.0. The Hall–Kier alpha value is -1.98. The Balaban J connectivity index is 1.99. The van der Waals surface area contributed by atoms with Crippen molar-refractivity contribution >= 4 is 0 Å². The average Bonchev–Trinajstić information content (AvgIpc) is 2.51. The third kappa shape index (κ3) is 3.77. The van der Waals surface area contributed by atoms with Crippen molar-refractivity contribution in [2.24, 2.45) is 5.73 Å². The predicted molar refractivity (Wildman–Crippen MR) is 75.9 cm³/mol.